The van der Waals surface area contributed by atoms with Crippen LogP contribution in [0.3, 0.4) is 0 Å². The molecule has 12 heteroatoms. The number of amides is 1. The number of nitrogens with one attached hydrogen (secondary N) is 1. The van der Waals surface area contributed by atoms with Crippen molar-refractivity contribution in [1.29, 1.82) is 0 Å². The van der Waals surface area contributed by atoms with Crippen LogP contribution in [-0.2, 0) is 4.79 Å². The first-order valence-electron chi connectivity index (χ1n) is 17.8. The standard InChI is InChI=1S/C37H44N8O4/c1-23(9-12-37-20-25-17-27(37)18-26(25)21-37)36(46)39-13-16-43-14-10-28(11-15-43)44-35-32(34(38)40-22-41-35)33(42-44)24-7-8-31(30(19-24)45(47)48)49-29-5-3-2-4-6-29/h2-8,19,22-23,25-28H,9-18,20-21H2,1H3,(H,39,46)(H2,38,40,41)/t23-,25?,26?,27?,37?/m1/s1. The summed E-state index contributed by atoms with van der Waals surface area (Å²) >= 11 is 0. The van der Waals surface area contributed by atoms with Gasteiger partial charge in [0.1, 0.15) is 23.6 Å². The zero-order chi connectivity index (χ0) is 33.7. The fourth-order valence-electron chi connectivity index (χ4n) is 9.58. The number of nitrogens with two attached hydrogens (primary N) is 1. The van der Waals surface area contributed by atoms with Gasteiger partial charge in [-0.15, -0.1) is 0 Å². The number of nitro benzene ring substituents is 1. The molecule has 1 saturated heterocycles. The topological polar surface area (TPSA) is 154 Å². The molecule has 9 rings (SSSR count). The van der Waals surface area contributed by atoms with E-state index in [4.69, 9.17) is 15.6 Å². The van der Waals surface area contributed by atoms with Gasteiger partial charge in [-0.3, -0.25) is 14.9 Å². The summed E-state index contributed by atoms with van der Waals surface area (Å²) in [6.45, 7) is 5.26. The Morgan fingerprint density at radius 1 is 1.12 bits per heavy atom. The van der Waals surface area contributed by atoms with E-state index in [9.17, 15) is 14.9 Å². The Bertz CT molecular complexity index is 1860. The molecule has 4 saturated carbocycles. The zero-order valence-corrected chi connectivity index (χ0v) is 28.0. The van der Waals surface area contributed by atoms with Gasteiger partial charge in [0.2, 0.25) is 11.7 Å². The first-order chi connectivity index (χ1) is 23.8. The van der Waals surface area contributed by atoms with E-state index in [1.165, 1.54) is 44.5 Å². The van der Waals surface area contributed by atoms with Gasteiger partial charge in [-0.05, 0) is 98.8 Å². The molecule has 4 bridgehead atoms. The van der Waals surface area contributed by atoms with E-state index < -0.39 is 4.92 Å². The minimum Gasteiger partial charge on any atom is -0.450 e. The van der Waals surface area contributed by atoms with E-state index in [2.05, 4.69) is 27.1 Å². The number of likely N-dealkylation sites (tertiary alicyclic amines) is 1. The second-order valence-electron chi connectivity index (χ2n) is 14.9. The lowest BCUT2D eigenvalue weighted by Crippen LogP contribution is -2.41. The first kappa shape index (κ1) is 31.7. The lowest BCUT2D eigenvalue weighted by Gasteiger charge is -2.32. The van der Waals surface area contributed by atoms with Gasteiger partial charge in [-0.25, -0.2) is 14.6 Å². The second-order valence-corrected chi connectivity index (χ2v) is 14.9. The number of carbonyl (C=O) groups excluding carboxylic acids is 1. The number of carbonyl (C=O) groups is 1. The van der Waals surface area contributed by atoms with Gasteiger partial charge >= 0.3 is 5.69 Å². The van der Waals surface area contributed by atoms with Gasteiger partial charge in [0.25, 0.3) is 0 Å². The van der Waals surface area contributed by atoms with E-state index in [-0.39, 0.29) is 35.1 Å². The third-order valence-electron chi connectivity index (χ3n) is 12.1. The van der Waals surface area contributed by atoms with Crippen molar-refractivity contribution in [2.75, 3.05) is 31.9 Å². The number of hydrogen-bond donors (Lipinski definition) is 2. The summed E-state index contributed by atoms with van der Waals surface area (Å²) in [5, 5.41) is 20.8. The summed E-state index contributed by atoms with van der Waals surface area (Å²) in [4.78, 5) is 35.7. The van der Waals surface area contributed by atoms with Crippen LogP contribution >= 0.6 is 0 Å². The quantitative estimate of drug-likeness (QED) is 0.130. The van der Waals surface area contributed by atoms with Gasteiger partial charge in [-0.2, -0.15) is 5.10 Å². The van der Waals surface area contributed by atoms with Crippen molar-refractivity contribution in [3.05, 3.63) is 65.0 Å². The number of benzene rings is 2. The first-order valence-corrected chi connectivity index (χ1v) is 17.8. The number of para-hydroxylation sites is 1. The number of nitrogen functional groups attached to an aromatic ring is 1. The third-order valence-corrected chi connectivity index (χ3v) is 12.1. The molecule has 2 unspecified atom stereocenters. The number of nitrogens with zero attached hydrogens (tertiary/aromatic N) is 6. The lowest BCUT2D eigenvalue weighted by atomic mass is 9.75. The number of piperidine rings is 1. The molecule has 1 amide bonds. The number of nitro groups is 1. The van der Waals surface area contributed by atoms with Crippen LogP contribution < -0.4 is 15.8 Å². The number of ether oxygens (including phenoxy) is 1. The Morgan fingerprint density at radius 2 is 1.88 bits per heavy atom. The predicted octanol–water partition coefficient (Wildman–Crippen LogP) is 6.38. The largest absolute Gasteiger partial charge is 0.450 e. The van der Waals surface area contributed by atoms with Crippen molar-refractivity contribution >= 4 is 28.4 Å². The number of rotatable bonds is 12. The van der Waals surface area contributed by atoms with Crippen LogP contribution in [0.2, 0.25) is 0 Å². The van der Waals surface area contributed by atoms with E-state index in [1.807, 2.05) is 22.9 Å². The summed E-state index contributed by atoms with van der Waals surface area (Å²) in [5.41, 5.74) is 8.39. The number of aromatic nitrogens is 4. The minimum absolute atomic E-state index is 0.0581. The fraction of sp³-hybridized carbons (Fsp3) is 0.514. The van der Waals surface area contributed by atoms with Crippen LogP contribution in [0, 0.1) is 39.2 Å². The highest BCUT2D eigenvalue weighted by atomic mass is 16.6. The molecule has 4 aromatic rings. The highest BCUT2D eigenvalue weighted by Crippen LogP contribution is 2.71. The molecule has 5 fully saturated rings. The molecular formula is C37H44N8O4. The van der Waals surface area contributed by atoms with Crippen LogP contribution in [0.15, 0.2) is 54.9 Å². The Balaban J connectivity index is 0.895. The van der Waals surface area contributed by atoms with Gasteiger partial charge in [0, 0.05) is 43.7 Å². The number of hydrogen-bond acceptors (Lipinski definition) is 9. The molecule has 3 heterocycles. The molecule has 0 spiro atoms. The van der Waals surface area contributed by atoms with E-state index in [0.29, 0.717) is 40.0 Å². The summed E-state index contributed by atoms with van der Waals surface area (Å²) in [5.74, 6) is 4.06. The second kappa shape index (κ2) is 12.7. The van der Waals surface area contributed by atoms with Gasteiger partial charge < -0.3 is 20.7 Å². The van der Waals surface area contributed by atoms with Crippen LogP contribution in [-0.4, -0.2) is 61.7 Å². The Kier molecular flexibility index (Phi) is 8.21. The molecule has 5 aliphatic rings. The van der Waals surface area contributed by atoms with Gasteiger partial charge in [0.05, 0.1) is 16.4 Å². The Labute approximate surface area is 285 Å². The van der Waals surface area contributed by atoms with E-state index >= 15 is 0 Å². The molecule has 2 aromatic heterocycles. The maximum absolute atomic E-state index is 12.9. The van der Waals surface area contributed by atoms with Crippen molar-refractivity contribution in [2.24, 2.45) is 29.1 Å². The third kappa shape index (κ3) is 5.89. The predicted molar refractivity (Wildman–Crippen MR) is 186 cm³/mol. The molecule has 4 aliphatic carbocycles. The minimum atomic E-state index is -0.457. The average Bonchev–Trinajstić information content (AvgIpc) is 3.92. The number of fused-ring (bicyclic) bond motifs is 1. The van der Waals surface area contributed by atoms with Gasteiger partial charge in [0.15, 0.2) is 5.65 Å². The summed E-state index contributed by atoms with van der Waals surface area (Å²) in [6, 6.07) is 13.8. The normalized spacial score (nSPS) is 25.3. The van der Waals surface area contributed by atoms with Gasteiger partial charge in [-0.1, -0.05) is 25.1 Å². The van der Waals surface area contributed by atoms with Crippen LogP contribution in [0.4, 0.5) is 11.5 Å². The Morgan fingerprint density at radius 3 is 2.57 bits per heavy atom. The van der Waals surface area contributed by atoms with E-state index in [0.717, 1.165) is 56.7 Å². The molecule has 2 aromatic carbocycles. The highest BCUT2D eigenvalue weighted by Gasteiger charge is 2.62. The monoisotopic (exact) mass is 664 g/mol. The lowest BCUT2D eigenvalue weighted by molar-refractivity contribution is -0.385. The summed E-state index contributed by atoms with van der Waals surface area (Å²) in [7, 11) is 0. The fourth-order valence-corrected chi connectivity index (χ4v) is 9.58. The number of anilines is 1. The molecule has 3 atom stereocenters. The Hall–Kier alpha value is -4.58. The molecule has 3 N–H and O–H groups in total. The molecule has 256 valence electrons. The molecule has 0 radical (unpaired) electrons. The summed E-state index contributed by atoms with van der Waals surface area (Å²) in [6.07, 6.45) is 11.1. The van der Waals surface area contributed by atoms with E-state index in [1.54, 1.807) is 24.3 Å². The average molecular weight is 665 g/mol. The van der Waals surface area contributed by atoms with Crippen LogP contribution in [0.25, 0.3) is 22.3 Å². The highest BCUT2D eigenvalue weighted by molar-refractivity contribution is 5.98. The maximum Gasteiger partial charge on any atom is 0.312 e. The SMILES string of the molecule is C[C@H](CCC12CC3CC1CC3C2)C(=O)NCCN1CCC(n2nc(-c3ccc(Oc4ccccc4)c([N+](=O)[O-])c3)c3c(N)ncnc32)CC1. The van der Waals surface area contributed by atoms with Crippen molar-refractivity contribution < 1.29 is 14.5 Å². The maximum atomic E-state index is 12.9. The van der Waals surface area contributed by atoms with Crippen molar-refractivity contribution in [1.82, 2.24) is 30.0 Å². The molecule has 49 heavy (non-hydrogen) atoms. The molecular weight excluding hydrogens is 620 g/mol. The molecule has 12 nitrogen and oxygen atoms in total. The van der Waals surface area contributed by atoms with Crippen LogP contribution in [0.1, 0.15) is 64.3 Å². The van der Waals surface area contributed by atoms with Crippen LogP contribution in [0.5, 0.6) is 11.5 Å². The van der Waals surface area contributed by atoms with Crippen molar-refractivity contribution in [3.63, 3.8) is 0 Å². The smallest absolute Gasteiger partial charge is 0.312 e. The van der Waals surface area contributed by atoms with Crippen molar-refractivity contribution in [3.8, 4) is 22.8 Å². The zero-order valence-electron chi connectivity index (χ0n) is 28.0. The summed E-state index contributed by atoms with van der Waals surface area (Å²) < 4.78 is 7.74. The molecule has 1 aliphatic heterocycles. The van der Waals surface area contributed by atoms with Crippen molar-refractivity contribution in [2.45, 2.75) is 64.3 Å².